The van der Waals surface area contributed by atoms with E-state index >= 15 is 0 Å². The van der Waals surface area contributed by atoms with Gasteiger partial charge in [0.1, 0.15) is 0 Å². The average Bonchev–Trinajstić information content (AvgIpc) is 2.32. The van der Waals surface area contributed by atoms with E-state index in [0.717, 1.165) is 0 Å². The van der Waals surface area contributed by atoms with Crippen LogP contribution in [0.2, 0.25) is 16.6 Å². The Kier molecular flexibility index (Phi) is 7.00. The summed E-state index contributed by atoms with van der Waals surface area (Å²) in [6, 6.07) is 0. The lowest BCUT2D eigenvalue weighted by molar-refractivity contribution is 0.0458. The van der Waals surface area contributed by atoms with Crippen LogP contribution < -0.4 is 0 Å². The molecule has 0 fully saturated rings. The summed E-state index contributed by atoms with van der Waals surface area (Å²) in [6.07, 6.45) is 1.83. The molecule has 0 heterocycles. The predicted octanol–water partition coefficient (Wildman–Crippen LogP) is 4.75. The van der Waals surface area contributed by atoms with Crippen molar-refractivity contribution in [1.82, 2.24) is 0 Å². The van der Waals surface area contributed by atoms with Crippen LogP contribution in [0.25, 0.3) is 0 Å². The van der Waals surface area contributed by atoms with E-state index in [9.17, 15) is 5.11 Å². The van der Waals surface area contributed by atoms with Gasteiger partial charge in [-0.2, -0.15) is 0 Å². The van der Waals surface area contributed by atoms with Crippen LogP contribution in [0, 0.1) is 5.41 Å². The Hall–Kier alpha value is -0.123. The monoisotopic (exact) mass is 286 g/mol. The number of hydrogen-bond acceptors (Lipinski definition) is 2. The van der Waals surface area contributed by atoms with Gasteiger partial charge in [0.05, 0.1) is 12.7 Å². The molecule has 2 unspecified atom stereocenters. The normalized spacial score (nSPS) is 17.9. The largest absolute Gasteiger partial charge is 0.412 e. The molecule has 0 aromatic heterocycles. The van der Waals surface area contributed by atoms with Gasteiger partial charge in [0, 0.05) is 5.41 Å². The van der Waals surface area contributed by atoms with Crippen LogP contribution in [0.4, 0.5) is 0 Å². The van der Waals surface area contributed by atoms with Crippen molar-refractivity contribution < 1.29 is 9.53 Å². The molecular formula is C16H34O2Si. The van der Waals surface area contributed by atoms with Gasteiger partial charge in [-0.1, -0.05) is 54.5 Å². The Balaban J connectivity index is 5.40. The molecule has 0 radical (unpaired) electrons. The van der Waals surface area contributed by atoms with Crippen molar-refractivity contribution in [3.63, 3.8) is 0 Å². The van der Waals surface area contributed by atoms with Gasteiger partial charge in [-0.15, -0.1) is 6.58 Å². The minimum atomic E-state index is -1.89. The maximum absolute atomic E-state index is 9.63. The highest BCUT2D eigenvalue weighted by Gasteiger charge is 2.48. The van der Waals surface area contributed by atoms with Gasteiger partial charge in [-0.05, 0) is 23.5 Å². The second kappa shape index (κ2) is 7.05. The summed E-state index contributed by atoms with van der Waals surface area (Å²) in [5, 5.41) is 9.63. The molecule has 2 atom stereocenters. The highest BCUT2D eigenvalue weighted by atomic mass is 28.4. The first-order chi connectivity index (χ1) is 8.58. The highest BCUT2D eigenvalue weighted by Crippen LogP contribution is 2.44. The quantitative estimate of drug-likeness (QED) is 0.515. The molecule has 2 nitrogen and oxygen atoms in total. The van der Waals surface area contributed by atoms with E-state index in [1.54, 1.807) is 0 Å². The summed E-state index contributed by atoms with van der Waals surface area (Å²) in [5.41, 5.74) is 1.31. The summed E-state index contributed by atoms with van der Waals surface area (Å²) >= 11 is 0. The van der Waals surface area contributed by atoms with Crippen molar-refractivity contribution in [3.8, 4) is 0 Å². The van der Waals surface area contributed by atoms with Crippen molar-refractivity contribution >= 4 is 8.32 Å². The van der Waals surface area contributed by atoms with Gasteiger partial charge in [0.15, 0.2) is 0 Å². The molecule has 3 heteroatoms. The van der Waals surface area contributed by atoms with E-state index in [4.69, 9.17) is 4.43 Å². The fraction of sp³-hybridized carbons (Fsp3) is 0.875. The van der Waals surface area contributed by atoms with Crippen LogP contribution in [0.1, 0.15) is 55.4 Å². The first-order valence-corrected chi connectivity index (χ1v) is 9.64. The third-order valence-corrected chi connectivity index (χ3v) is 11.0. The standard InChI is InChI=1S/C16H34O2Si/c1-10-16(9,11-17)15(8)18-19(12(2)3,13(4)5)14(6)7/h10,12-15,17H,1,11H2,2-9H3. The molecule has 0 aliphatic rings. The van der Waals surface area contributed by atoms with Crippen LogP contribution in [-0.2, 0) is 4.43 Å². The van der Waals surface area contributed by atoms with E-state index in [-0.39, 0.29) is 18.1 Å². The van der Waals surface area contributed by atoms with Gasteiger partial charge >= 0.3 is 0 Å². The minimum absolute atomic E-state index is 0.00568. The molecule has 0 aromatic carbocycles. The number of aliphatic hydroxyl groups is 1. The third-order valence-electron chi connectivity index (χ3n) is 4.82. The van der Waals surface area contributed by atoms with Crippen molar-refractivity contribution in [2.24, 2.45) is 5.41 Å². The lowest BCUT2D eigenvalue weighted by Gasteiger charge is -2.47. The van der Waals surface area contributed by atoms with Gasteiger partial charge in [-0.3, -0.25) is 0 Å². The molecule has 0 aliphatic carbocycles. The summed E-state index contributed by atoms with van der Waals surface area (Å²) in [4.78, 5) is 0. The van der Waals surface area contributed by atoms with Crippen molar-refractivity contribution in [2.45, 2.75) is 78.1 Å². The molecule has 0 amide bonds. The summed E-state index contributed by atoms with van der Waals surface area (Å²) in [6.45, 7) is 21.7. The van der Waals surface area contributed by atoms with Crippen LogP contribution >= 0.6 is 0 Å². The lowest BCUT2D eigenvalue weighted by atomic mass is 9.86. The zero-order chi connectivity index (χ0) is 15.4. The first kappa shape index (κ1) is 18.9. The number of hydrogen-bond donors (Lipinski definition) is 1. The van der Waals surface area contributed by atoms with Crippen molar-refractivity contribution in [3.05, 3.63) is 12.7 Å². The third kappa shape index (κ3) is 3.70. The lowest BCUT2D eigenvalue weighted by Crippen LogP contribution is -2.52. The van der Waals surface area contributed by atoms with E-state index in [1.165, 1.54) is 0 Å². The summed E-state index contributed by atoms with van der Waals surface area (Å²) in [7, 11) is -1.89. The van der Waals surface area contributed by atoms with Crippen molar-refractivity contribution in [2.75, 3.05) is 6.61 Å². The van der Waals surface area contributed by atoms with Gasteiger partial charge in [0.2, 0.25) is 8.32 Å². The maximum atomic E-state index is 9.63. The molecule has 0 spiro atoms. The second-order valence-corrected chi connectivity index (χ2v) is 12.4. The maximum Gasteiger partial charge on any atom is 0.200 e. The Labute approximate surface area is 121 Å². The smallest absolute Gasteiger partial charge is 0.200 e. The zero-order valence-electron chi connectivity index (χ0n) is 14.2. The molecule has 0 bridgehead atoms. The molecule has 0 saturated carbocycles. The second-order valence-electron chi connectivity index (χ2n) is 6.95. The van der Waals surface area contributed by atoms with Crippen LogP contribution in [0.15, 0.2) is 12.7 Å². The fourth-order valence-corrected chi connectivity index (χ4v) is 8.91. The molecule has 1 N–H and O–H groups in total. The molecule has 19 heavy (non-hydrogen) atoms. The molecule has 0 saturated heterocycles. The fourth-order valence-electron chi connectivity index (χ4n) is 3.21. The molecule has 0 rings (SSSR count). The van der Waals surface area contributed by atoms with Crippen LogP contribution in [0.5, 0.6) is 0 Å². The van der Waals surface area contributed by atoms with E-state index in [0.29, 0.717) is 16.6 Å². The molecular weight excluding hydrogens is 252 g/mol. The highest BCUT2D eigenvalue weighted by molar-refractivity contribution is 6.77. The van der Waals surface area contributed by atoms with Crippen LogP contribution in [-0.4, -0.2) is 26.1 Å². The van der Waals surface area contributed by atoms with Gasteiger partial charge in [-0.25, -0.2) is 0 Å². The number of aliphatic hydroxyl groups excluding tert-OH is 1. The Morgan fingerprint density at radius 2 is 1.42 bits per heavy atom. The first-order valence-electron chi connectivity index (χ1n) is 7.50. The van der Waals surface area contributed by atoms with E-state index < -0.39 is 8.32 Å². The number of rotatable bonds is 8. The topological polar surface area (TPSA) is 29.5 Å². The SMILES string of the molecule is C=CC(C)(CO)C(C)O[Si](C(C)C)(C(C)C)C(C)C. The van der Waals surface area contributed by atoms with Gasteiger partial charge in [0.25, 0.3) is 0 Å². The molecule has 0 aliphatic heterocycles. The zero-order valence-corrected chi connectivity index (χ0v) is 15.2. The van der Waals surface area contributed by atoms with E-state index in [1.807, 2.05) is 13.0 Å². The van der Waals surface area contributed by atoms with Gasteiger partial charge < -0.3 is 9.53 Å². The van der Waals surface area contributed by atoms with Crippen molar-refractivity contribution in [1.29, 1.82) is 0 Å². The summed E-state index contributed by atoms with van der Waals surface area (Å²) < 4.78 is 6.68. The Bertz CT molecular complexity index is 265. The average molecular weight is 287 g/mol. The minimum Gasteiger partial charge on any atom is -0.412 e. The Morgan fingerprint density at radius 1 is 1.05 bits per heavy atom. The summed E-state index contributed by atoms with van der Waals surface area (Å²) in [5.74, 6) is 0. The molecule has 0 aromatic rings. The Morgan fingerprint density at radius 3 is 1.63 bits per heavy atom. The predicted molar refractivity (Wildman–Crippen MR) is 87.0 cm³/mol. The van der Waals surface area contributed by atoms with Crippen LogP contribution in [0.3, 0.4) is 0 Å². The molecule has 114 valence electrons. The van der Waals surface area contributed by atoms with E-state index in [2.05, 4.69) is 55.0 Å².